The first-order valence-electron chi connectivity index (χ1n) is 14.4. The average molecular weight is 609 g/mol. The first-order chi connectivity index (χ1) is 21.4. The predicted molar refractivity (Wildman–Crippen MR) is 164 cm³/mol. The van der Waals surface area contributed by atoms with Gasteiger partial charge in [-0.25, -0.2) is 4.98 Å². The van der Waals surface area contributed by atoms with Crippen molar-refractivity contribution in [2.45, 2.75) is 37.8 Å². The van der Waals surface area contributed by atoms with Crippen LogP contribution in [0.15, 0.2) is 78.2 Å². The van der Waals surface area contributed by atoms with Crippen LogP contribution in [0.2, 0.25) is 0 Å². The summed E-state index contributed by atoms with van der Waals surface area (Å²) >= 11 is 1.41. The van der Waals surface area contributed by atoms with E-state index in [0.29, 0.717) is 40.7 Å². The summed E-state index contributed by atoms with van der Waals surface area (Å²) in [7, 11) is 0. The van der Waals surface area contributed by atoms with Gasteiger partial charge in [-0.15, -0.1) is 11.3 Å². The lowest BCUT2D eigenvalue weighted by Crippen LogP contribution is -2.59. The minimum absolute atomic E-state index is 0.0719. The fourth-order valence-electron chi connectivity index (χ4n) is 6.17. The van der Waals surface area contributed by atoms with Crippen molar-refractivity contribution < 1.29 is 28.7 Å². The summed E-state index contributed by atoms with van der Waals surface area (Å²) in [5, 5.41) is 5.60. The number of Topliss-reactive ketones (excluding diaryl/α,β-unsaturated/α-hetero) is 1. The Hall–Kier alpha value is -5.03. The normalized spacial score (nSPS) is 16.2. The van der Waals surface area contributed by atoms with Crippen LogP contribution < -0.4 is 19.7 Å². The van der Waals surface area contributed by atoms with Gasteiger partial charge >= 0.3 is 0 Å². The molecule has 11 heteroatoms. The minimum atomic E-state index is -1.20. The van der Waals surface area contributed by atoms with Gasteiger partial charge in [0.25, 0.3) is 11.7 Å². The van der Waals surface area contributed by atoms with Crippen molar-refractivity contribution in [2.75, 3.05) is 23.6 Å². The third-order valence-corrected chi connectivity index (χ3v) is 9.22. The lowest BCUT2D eigenvalue weighted by molar-refractivity contribution is -0.145. The molecule has 3 heterocycles. The maximum Gasteiger partial charge on any atom is 0.299 e. The van der Waals surface area contributed by atoms with Crippen molar-refractivity contribution in [2.24, 2.45) is 0 Å². The Labute approximate surface area is 257 Å². The van der Waals surface area contributed by atoms with Crippen molar-refractivity contribution in [3.05, 3.63) is 88.7 Å². The van der Waals surface area contributed by atoms with Gasteiger partial charge in [0.1, 0.15) is 17.1 Å². The highest BCUT2D eigenvalue weighted by atomic mass is 32.1. The molecule has 0 spiro atoms. The van der Waals surface area contributed by atoms with Crippen LogP contribution in [0.4, 0.5) is 11.4 Å². The molecular formula is C33H28N4O6S. The molecule has 3 amide bonds. The molecule has 1 saturated carbocycles. The van der Waals surface area contributed by atoms with Gasteiger partial charge in [-0.1, -0.05) is 55.3 Å². The van der Waals surface area contributed by atoms with E-state index in [1.807, 2.05) is 35.7 Å². The molecule has 1 fully saturated rings. The van der Waals surface area contributed by atoms with Crippen molar-refractivity contribution in [1.82, 2.24) is 9.88 Å². The summed E-state index contributed by atoms with van der Waals surface area (Å²) in [5.41, 5.74) is 1.70. The van der Waals surface area contributed by atoms with Crippen LogP contribution in [0.1, 0.15) is 41.0 Å². The molecule has 4 aromatic rings. The fraction of sp³-hybridized carbons (Fsp3) is 0.242. The monoisotopic (exact) mass is 608 g/mol. The Bertz CT molecular complexity index is 1780. The second-order valence-corrected chi connectivity index (χ2v) is 11.9. The van der Waals surface area contributed by atoms with Gasteiger partial charge in [-0.3, -0.25) is 24.1 Å². The number of ketones is 1. The van der Waals surface area contributed by atoms with E-state index in [1.54, 1.807) is 47.4 Å². The molecule has 44 heavy (non-hydrogen) atoms. The van der Waals surface area contributed by atoms with Crippen molar-refractivity contribution in [3.8, 4) is 22.8 Å². The van der Waals surface area contributed by atoms with Gasteiger partial charge in [-0.05, 0) is 37.1 Å². The third kappa shape index (κ3) is 4.88. The standard InChI is InChI=1S/C33H28N4O6S/c38-29(18-36-25-11-5-4-10-23(25)30(39)31(36)40)37(17-28-35-24(19-44-28)21-8-2-1-3-9-21)33(14-6-7-15-33)32(41)34-22-12-13-26-27(16-22)43-20-42-26/h1-5,8-13,16,19H,6-7,14-15,17-18,20H2,(H,34,41). The van der Waals surface area contributed by atoms with Gasteiger partial charge in [0.2, 0.25) is 18.6 Å². The summed E-state index contributed by atoms with van der Waals surface area (Å²) in [4.78, 5) is 61.8. The van der Waals surface area contributed by atoms with Crippen LogP contribution in [-0.2, 0) is 20.9 Å². The smallest absolute Gasteiger partial charge is 0.299 e. The molecule has 0 atom stereocenters. The molecule has 0 unspecified atom stereocenters. The number of benzene rings is 3. The molecule has 2 aliphatic heterocycles. The maximum atomic E-state index is 14.3. The first-order valence-corrected chi connectivity index (χ1v) is 15.3. The molecule has 10 nitrogen and oxygen atoms in total. The summed E-state index contributed by atoms with van der Waals surface area (Å²) in [5.74, 6) is -1.05. The SMILES string of the molecule is O=C1C(=O)N(CC(=O)N(Cc2nc(-c3ccccc3)cs2)C2(C(=O)Nc3ccc4c(c3)OCO4)CCCC2)c2ccccc21. The number of nitrogens with one attached hydrogen (secondary N) is 1. The summed E-state index contributed by atoms with van der Waals surface area (Å²) in [6, 6.07) is 21.5. The van der Waals surface area contributed by atoms with Crippen molar-refractivity contribution in [1.29, 1.82) is 0 Å². The van der Waals surface area contributed by atoms with Crippen molar-refractivity contribution in [3.63, 3.8) is 0 Å². The first kappa shape index (κ1) is 27.8. The van der Waals surface area contributed by atoms with E-state index in [0.717, 1.165) is 24.1 Å². The number of carbonyl (C=O) groups excluding carboxylic acids is 4. The van der Waals surface area contributed by atoms with Gasteiger partial charge < -0.3 is 19.7 Å². The zero-order valence-electron chi connectivity index (χ0n) is 23.7. The molecule has 222 valence electrons. The number of rotatable bonds is 8. The zero-order chi connectivity index (χ0) is 30.3. The quantitative estimate of drug-likeness (QED) is 0.278. The van der Waals surface area contributed by atoms with Crippen LogP contribution in [-0.4, -0.2) is 52.3 Å². The topological polar surface area (TPSA) is 118 Å². The van der Waals surface area contributed by atoms with Gasteiger partial charge in [-0.2, -0.15) is 0 Å². The minimum Gasteiger partial charge on any atom is -0.454 e. The zero-order valence-corrected chi connectivity index (χ0v) is 24.5. The van der Waals surface area contributed by atoms with E-state index in [2.05, 4.69) is 5.32 Å². The van der Waals surface area contributed by atoms with Gasteiger partial charge in [0.05, 0.1) is 23.5 Å². The van der Waals surface area contributed by atoms with Crippen LogP contribution in [0.5, 0.6) is 11.5 Å². The Morgan fingerprint density at radius 2 is 1.70 bits per heavy atom. The summed E-state index contributed by atoms with van der Waals surface area (Å²) in [6.07, 6.45) is 2.37. The average Bonchev–Trinajstić information content (AvgIpc) is 3.86. The van der Waals surface area contributed by atoms with E-state index in [4.69, 9.17) is 14.5 Å². The fourth-order valence-corrected chi connectivity index (χ4v) is 6.96. The molecule has 0 radical (unpaired) electrons. The molecule has 1 aromatic heterocycles. The number of amides is 3. The van der Waals surface area contributed by atoms with Crippen molar-refractivity contribution >= 4 is 46.2 Å². The number of hydrogen-bond acceptors (Lipinski definition) is 8. The van der Waals surface area contributed by atoms with E-state index >= 15 is 0 Å². The highest BCUT2D eigenvalue weighted by Gasteiger charge is 2.49. The summed E-state index contributed by atoms with van der Waals surface area (Å²) in [6.45, 7) is -0.196. The van der Waals surface area contributed by atoms with Crippen LogP contribution in [0, 0.1) is 0 Å². The molecule has 0 saturated heterocycles. The second-order valence-electron chi connectivity index (χ2n) is 11.0. The number of aromatic nitrogens is 1. The summed E-state index contributed by atoms with van der Waals surface area (Å²) < 4.78 is 10.9. The van der Waals surface area contributed by atoms with E-state index < -0.39 is 23.1 Å². The molecule has 0 bridgehead atoms. The molecular weight excluding hydrogens is 580 g/mol. The molecule has 1 N–H and O–H groups in total. The number of nitrogens with zero attached hydrogens (tertiary/aromatic N) is 3. The lowest BCUT2D eigenvalue weighted by atomic mass is 9.92. The Kier molecular flexibility index (Phi) is 7.09. The Morgan fingerprint density at radius 3 is 2.52 bits per heavy atom. The number of fused-ring (bicyclic) bond motifs is 2. The highest BCUT2D eigenvalue weighted by molar-refractivity contribution is 7.09. The third-order valence-electron chi connectivity index (χ3n) is 8.39. The highest BCUT2D eigenvalue weighted by Crippen LogP contribution is 2.40. The number of ether oxygens (including phenoxy) is 2. The van der Waals surface area contributed by atoms with E-state index in [-0.39, 0.29) is 31.4 Å². The largest absolute Gasteiger partial charge is 0.454 e. The van der Waals surface area contributed by atoms with E-state index in [9.17, 15) is 19.2 Å². The Balaban J connectivity index is 1.22. The van der Waals surface area contributed by atoms with Crippen LogP contribution in [0.3, 0.4) is 0 Å². The maximum absolute atomic E-state index is 14.3. The predicted octanol–water partition coefficient (Wildman–Crippen LogP) is 5.05. The number of thiazole rings is 1. The van der Waals surface area contributed by atoms with Gasteiger partial charge in [0, 0.05) is 22.7 Å². The number of para-hydroxylation sites is 1. The number of anilines is 2. The number of hydrogen-bond donors (Lipinski definition) is 1. The van der Waals surface area contributed by atoms with Crippen LogP contribution >= 0.6 is 11.3 Å². The molecule has 7 rings (SSSR count). The second kappa shape index (κ2) is 11.2. The van der Waals surface area contributed by atoms with E-state index in [1.165, 1.54) is 16.2 Å². The lowest BCUT2D eigenvalue weighted by Gasteiger charge is -2.40. The number of carbonyl (C=O) groups is 4. The van der Waals surface area contributed by atoms with Crippen LogP contribution in [0.25, 0.3) is 11.3 Å². The molecule has 1 aliphatic carbocycles. The molecule has 3 aliphatic rings. The van der Waals surface area contributed by atoms with Gasteiger partial charge in [0.15, 0.2) is 11.5 Å². The Morgan fingerprint density at radius 1 is 0.955 bits per heavy atom. The molecule has 3 aromatic carbocycles.